The smallest absolute Gasteiger partial charge is 0.241 e. The van der Waals surface area contributed by atoms with Gasteiger partial charge in [-0.2, -0.15) is 0 Å². The topological polar surface area (TPSA) is 78.3 Å². The minimum atomic E-state index is -1.02. The molecule has 4 N–H and O–H groups in total. The number of nitrogens with two attached hydrogens (primary N) is 2. The van der Waals surface area contributed by atoms with E-state index in [0.29, 0.717) is 0 Å². The second kappa shape index (κ2) is 4.98. The predicted molar refractivity (Wildman–Crippen MR) is 70.2 cm³/mol. The second-order valence-corrected chi connectivity index (χ2v) is 4.97. The number of rotatable bonds is 6. The minimum absolute atomic E-state index is 0.151. The van der Waals surface area contributed by atoms with Crippen molar-refractivity contribution in [1.82, 2.24) is 0 Å². The Morgan fingerprint density at radius 3 is 2.44 bits per heavy atom. The maximum atomic E-state index is 11.4. The van der Waals surface area contributed by atoms with Gasteiger partial charge in [-0.25, -0.2) is 0 Å². The largest absolute Gasteiger partial charge is 0.491 e. The molecule has 1 saturated carbocycles. The van der Waals surface area contributed by atoms with Crippen LogP contribution in [0.4, 0.5) is 0 Å². The average molecular weight is 248 g/mol. The van der Waals surface area contributed by atoms with Gasteiger partial charge in [0.15, 0.2) is 0 Å². The van der Waals surface area contributed by atoms with Crippen molar-refractivity contribution in [3.05, 3.63) is 29.8 Å². The molecule has 98 valence electrons. The monoisotopic (exact) mass is 248 g/mol. The third-order valence-corrected chi connectivity index (χ3v) is 3.57. The molecule has 1 atom stereocenters. The van der Waals surface area contributed by atoms with E-state index in [-0.39, 0.29) is 12.5 Å². The summed E-state index contributed by atoms with van der Waals surface area (Å²) >= 11 is 0. The number of carbonyl (C=O) groups is 1. The van der Waals surface area contributed by atoms with E-state index in [2.05, 4.69) is 6.92 Å². The highest BCUT2D eigenvalue weighted by Crippen LogP contribution is 2.38. The number of primary amides is 1. The van der Waals surface area contributed by atoms with Crippen molar-refractivity contribution in [2.24, 2.45) is 17.4 Å². The summed E-state index contributed by atoms with van der Waals surface area (Å²) in [5, 5.41) is 0. The third-order valence-electron chi connectivity index (χ3n) is 3.57. The molecule has 0 radical (unpaired) electrons. The molecule has 2 rings (SSSR count). The van der Waals surface area contributed by atoms with Crippen molar-refractivity contribution in [2.75, 3.05) is 6.61 Å². The van der Waals surface area contributed by atoms with Crippen molar-refractivity contribution in [3.8, 4) is 5.75 Å². The van der Waals surface area contributed by atoms with Crippen LogP contribution in [0.1, 0.15) is 25.3 Å². The lowest BCUT2D eigenvalue weighted by Gasteiger charge is -2.25. The summed E-state index contributed by atoms with van der Waals surface area (Å²) in [7, 11) is 0. The molecule has 0 heterocycles. The predicted octanol–water partition coefficient (Wildman–Crippen LogP) is 1.22. The van der Waals surface area contributed by atoms with Gasteiger partial charge in [0.1, 0.15) is 17.9 Å². The number of ether oxygens (including phenoxy) is 1. The second-order valence-electron chi connectivity index (χ2n) is 4.97. The van der Waals surface area contributed by atoms with Crippen LogP contribution in [0.25, 0.3) is 0 Å². The molecule has 1 amide bonds. The molecule has 1 fully saturated rings. The normalized spacial score (nSPS) is 18.1. The van der Waals surface area contributed by atoms with Crippen LogP contribution in [-0.2, 0) is 11.2 Å². The van der Waals surface area contributed by atoms with Gasteiger partial charge in [0.05, 0.1) is 0 Å². The average Bonchev–Trinajstić information content (AvgIpc) is 3.21. The standard InChI is InChI=1S/C14H20N2O2/c1-2-10-3-7-12(8-4-10)18-9-14(16,13(15)17)11-5-6-11/h3-4,7-8,11H,2,5-6,9,16H2,1H3,(H2,15,17). The summed E-state index contributed by atoms with van der Waals surface area (Å²) in [5.41, 5.74) is 11.7. The zero-order chi connectivity index (χ0) is 13.2. The maximum absolute atomic E-state index is 11.4. The van der Waals surface area contributed by atoms with Crippen LogP contribution in [0.15, 0.2) is 24.3 Å². The molecule has 0 aliphatic heterocycles. The Morgan fingerprint density at radius 1 is 1.39 bits per heavy atom. The molecule has 4 heteroatoms. The van der Waals surface area contributed by atoms with Gasteiger partial charge < -0.3 is 16.2 Å². The van der Waals surface area contributed by atoms with Gasteiger partial charge in [-0.15, -0.1) is 0 Å². The van der Waals surface area contributed by atoms with Crippen molar-refractivity contribution in [3.63, 3.8) is 0 Å². The van der Waals surface area contributed by atoms with Crippen LogP contribution >= 0.6 is 0 Å². The molecule has 4 nitrogen and oxygen atoms in total. The van der Waals surface area contributed by atoms with Crippen molar-refractivity contribution in [1.29, 1.82) is 0 Å². The molecule has 1 aliphatic rings. The first-order valence-electron chi connectivity index (χ1n) is 6.37. The Morgan fingerprint density at radius 2 is 2.00 bits per heavy atom. The maximum Gasteiger partial charge on any atom is 0.241 e. The highest BCUT2D eigenvalue weighted by atomic mass is 16.5. The lowest BCUT2D eigenvalue weighted by Crippen LogP contribution is -2.58. The lowest BCUT2D eigenvalue weighted by atomic mass is 9.95. The van der Waals surface area contributed by atoms with E-state index in [1.165, 1.54) is 5.56 Å². The Kier molecular flexibility index (Phi) is 3.57. The molecule has 1 aliphatic carbocycles. The van der Waals surface area contributed by atoms with Crippen molar-refractivity contribution < 1.29 is 9.53 Å². The van der Waals surface area contributed by atoms with Crippen LogP contribution < -0.4 is 16.2 Å². The first kappa shape index (κ1) is 12.9. The van der Waals surface area contributed by atoms with Gasteiger partial charge in [-0.3, -0.25) is 4.79 Å². The lowest BCUT2D eigenvalue weighted by molar-refractivity contribution is -0.125. The summed E-state index contributed by atoms with van der Waals surface area (Å²) in [6.07, 6.45) is 2.90. The van der Waals surface area contributed by atoms with E-state index >= 15 is 0 Å². The summed E-state index contributed by atoms with van der Waals surface area (Å²) < 4.78 is 5.61. The summed E-state index contributed by atoms with van der Waals surface area (Å²) in [6, 6.07) is 7.81. The van der Waals surface area contributed by atoms with E-state index in [1.807, 2.05) is 24.3 Å². The Hall–Kier alpha value is -1.55. The fourth-order valence-electron chi connectivity index (χ4n) is 2.01. The summed E-state index contributed by atoms with van der Waals surface area (Å²) in [6.45, 7) is 2.25. The van der Waals surface area contributed by atoms with E-state index in [1.54, 1.807) is 0 Å². The van der Waals surface area contributed by atoms with Crippen LogP contribution in [0, 0.1) is 5.92 Å². The zero-order valence-electron chi connectivity index (χ0n) is 10.7. The van der Waals surface area contributed by atoms with Crippen molar-refractivity contribution >= 4 is 5.91 Å². The van der Waals surface area contributed by atoms with Gasteiger partial charge in [-0.05, 0) is 42.9 Å². The molecular formula is C14H20N2O2. The van der Waals surface area contributed by atoms with Crippen LogP contribution in [-0.4, -0.2) is 18.1 Å². The quantitative estimate of drug-likeness (QED) is 0.794. The zero-order valence-corrected chi connectivity index (χ0v) is 10.7. The molecular weight excluding hydrogens is 228 g/mol. The van der Waals surface area contributed by atoms with Gasteiger partial charge in [0.25, 0.3) is 0 Å². The molecule has 1 aromatic carbocycles. The molecule has 0 aromatic heterocycles. The van der Waals surface area contributed by atoms with E-state index < -0.39 is 11.4 Å². The molecule has 1 aromatic rings. The molecule has 0 bridgehead atoms. The van der Waals surface area contributed by atoms with E-state index in [0.717, 1.165) is 25.0 Å². The number of aryl methyl sites for hydroxylation is 1. The highest BCUT2D eigenvalue weighted by molar-refractivity contribution is 5.85. The first-order valence-corrected chi connectivity index (χ1v) is 6.37. The van der Waals surface area contributed by atoms with Crippen LogP contribution in [0.2, 0.25) is 0 Å². The van der Waals surface area contributed by atoms with Crippen LogP contribution in [0.5, 0.6) is 5.75 Å². The Bertz CT molecular complexity index is 426. The summed E-state index contributed by atoms with van der Waals surface area (Å²) in [4.78, 5) is 11.4. The Labute approximate surface area is 107 Å². The van der Waals surface area contributed by atoms with Gasteiger partial charge in [0, 0.05) is 0 Å². The first-order chi connectivity index (χ1) is 8.56. The fraction of sp³-hybridized carbons (Fsp3) is 0.500. The SMILES string of the molecule is CCc1ccc(OCC(N)(C(N)=O)C2CC2)cc1. The third kappa shape index (κ3) is 2.64. The minimum Gasteiger partial charge on any atom is -0.491 e. The molecule has 0 saturated heterocycles. The van der Waals surface area contributed by atoms with Gasteiger partial charge in [0.2, 0.25) is 5.91 Å². The summed E-state index contributed by atoms with van der Waals surface area (Å²) in [5.74, 6) is 0.420. The van der Waals surface area contributed by atoms with Crippen LogP contribution in [0.3, 0.4) is 0 Å². The van der Waals surface area contributed by atoms with E-state index in [4.69, 9.17) is 16.2 Å². The molecule has 1 unspecified atom stereocenters. The van der Waals surface area contributed by atoms with Gasteiger partial charge in [-0.1, -0.05) is 19.1 Å². The number of benzene rings is 1. The highest BCUT2D eigenvalue weighted by Gasteiger charge is 2.47. The number of carbonyl (C=O) groups excluding carboxylic acids is 1. The Balaban J connectivity index is 1.98. The number of hydrogen-bond acceptors (Lipinski definition) is 3. The fourth-order valence-corrected chi connectivity index (χ4v) is 2.01. The van der Waals surface area contributed by atoms with Gasteiger partial charge >= 0.3 is 0 Å². The van der Waals surface area contributed by atoms with E-state index in [9.17, 15) is 4.79 Å². The number of hydrogen-bond donors (Lipinski definition) is 2. The van der Waals surface area contributed by atoms with Crippen molar-refractivity contribution in [2.45, 2.75) is 31.7 Å². The molecule has 18 heavy (non-hydrogen) atoms. The number of amides is 1. The molecule has 0 spiro atoms.